The Bertz CT molecular complexity index is 933. The second kappa shape index (κ2) is 8.91. The van der Waals surface area contributed by atoms with Gasteiger partial charge in [-0.25, -0.2) is 0 Å². The first-order chi connectivity index (χ1) is 14.3. The normalized spacial score (nSPS) is 11.2. The van der Waals surface area contributed by atoms with E-state index in [1.165, 1.54) is 0 Å². The van der Waals surface area contributed by atoms with Gasteiger partial charge in [0.2, 0.25) is 5.91 Å². The third-order valence-electron chi connectivity index (χ3n) is 5.53. The Hall–Kier alpha value is -3.47. The van der Waals surface area contributed by atoms with Gasteiger partial charge in [-0.05, 0) is 66.1 Å². The molecule has 0 spiro atoms. The predicted octanol–water partition coefficient (Wildman–Crippen LogP) is 4.89. The fourth-order valence-electron chi connectivity index (χ4n) is 3.54. The van der Waals surface area contributed by atoms with Gasteiger partial charge in [0.05, 0.1) is 0 Å². The van der Waals surface area contributed by atoms with Crippen LogP contribution in [0.5, 0.6) is 11.5 Å². The van der Waals surface area contributed by atoms with Crippen LogP contribution < -0.4 is 10.2 Å². The van der Waals surface area contributed by atoms with Gasteiger partial charge in [0.25, 0.3) is 0 Å². The van der Waals surface area contributed by atoms with E-state index in [0.29, 0.717) is 12.8 Å². The van der Waals surface area contributed by atoms with Gasteiger partial charge < -0.3 is 20.4 Å². The number of nitrogens with one attached hydrogen (secondary N) is 1. The van der Waals surface area contributed by atoms with E-state index in [9.17, 15) is 15.0 Å². The fourth-order valence-corrected chi connectivity index (χ4v) is 3.54. The second-order valence-corrected chi connectivity index (χ2v) is 7.92. The SMILES string of the molecule is CN(C)c1ccc(NC(=O)CCC(C)(c2ccc(O)cc2)c2ccc(O)cc2)cc1. The Morgan fingerprint density at radius 3 is 1.73 bits per heavy atom. The summed E-state index contributed by atoms with van der Waals surface area (Å²) < 4.78 is 0. The lowest BCUT2D eigenvalue weighted by atomic mass is 9.73. The minimum atomic E-state index is -0.451. The molecular weight excluding hydrogens is 376 g/mol. The van der Waals surface area contributed by atoms with E-state index in [0.717, 1.165) is 22.5 Å². The van der Waals surface area contributed by atoms with Crippen LogP contribution in [-0.2, 0) is 10.2 Å². The van der Waals surface area contributed by atoms with Gasteiger partial charge in [-0.15, -0.1) is 0 Å². The summed E-state index contributed by atoms with van der Waals surface area (Å²) in [5, 5.41) is 22.3. The van der Waals surface area contributed by atoms with Gasteiger partial charge in [-0.3, -0.25) is 4.79 Å². The highest BCUT2D eigenvalue weighted by Gasteiger charge is 2.29. The van der Waals surface area contributed by atoms with Crippen molar-refractivity contribution in [3.05, 3.63) is 83.9 Å². The monoisotopic (exact) mass is 404 g/mol. The maximum absolute atomic E-state index is 12.6. The standard InChI is InChI=1S/C25H28N2O3/c1-25(18-4-12-22(28)13-5-18,19-6-14-23(29)15-7-19)17-16-24(30)26-20-8-10-21(11-9-20)27(2)3/h4-15,28-29H,16-17H2,1-3H3,(H,26,30). The lowest BCUT2D eigenvalue weighted by molar-refractivity contribution is -0.116. The summed E-state index contributed by atoms with van der Waals surface area (Å²) in [6, 6.07) is 21.8. The number of hydrogen-bond acceptors (Lipinski definition) is 4. The number of benzene rings is 3. The van der Waals surface area contributed by atoms with Gasteiger partial charge in [0, 0.05) is 37.3 Å². The van der Waals surface area contributed by atoms with Gasteiger partial charge in [0.15, 0.2) is 0 Å². The minimum absolute atomic E-state index is 0.0589. The highest BCUT2D eigenvalue weighted by molar-refractivity contribution is 5.91. The van der Waals surface area contributed by atoms with Crippen molar-refractivity contribution >= 4 is 17.3 Å². The number of hydrogen-bond donors (Lipinski definition) is 3. The third-order valence-corrected chi connectivity index (χ3v) is 5.53. The highest BCUT2D eigenvalue weighted by atomic mass is 16.3. The van der Waals surface area contributed by atoms with Crippen molar-refractivity contribution in [2.45, 2.75) is 25.2 Å². The fraction of sp³-hybridized carbons (Fsp3) is 0.240. The zero-order chi connectivity index (χ0) is 21.7. The lowest BCUT2D eigenvalue weighted by Gasteiger charge is -2.31. The van der Waals surface area contributed by atoms with Gasteiger partial charge in [-0.1, -0.05) is 31.2 Å². The number of anilines is 2. The average molecular weight is 405 g/mol. The van der Waals surface area contributed by atoms with Crippen LogP contribution >= 0.6 is 0 Å². The van der Waals surface area contributed by atoms with E-state index in [-0.39, 0.29) is 17.4 Å². The summed E-state index contributed by atoms with van der Waals surface area (Å²) in [5.41, 5.74) is 3.37. The molecule has 0 atom stereocenters. The van der Waals surface area contributed by atoms with Gasteiger partial charge in [-0.2, -0.15) is 0 Å². The smallest absolute Gasteiger partial charge is 0.224 e. The third kappa shape index (κ3) is 4.92. The van der Waals surface area contributed by atoms with Crippen LogP contribution in [0.15, 0.2) is 72.8 Å². The van der Waals surface area contributed by atoms with Crippen molar-refractivity contribution in [2.24, 2.45) is 0 Å². The Morgan fingerprint density at radius 2 is 1.30 bits per heavy atom. The van der Waals surface area contributed by atoms with Gasteiger partial charge >= 0.3 is 0 Å². The van der Waals surface area contributed by atoms with Crippen LogP contribution in [0.3, 0.4) is 0 Å². The number of nitrogens with zero attached hydrogens (tertiary/aromatic N) is 1. The van der Waals surface area contributed by atoms with Crippen molar-refractivity contribution in [2.75, 3.05) is 24.3 Å². The second-order valence-electron chi connectivity index (χ2n) is 7.92. The van der Waals surface area contributed by atoms with Crippen LogP contribution in [0.2, 0.25) is 0 Å². The Labute approximate surface area is 177 Å². The van der Waals surface area contributed by atoms with E-state index < -0.39 is 5.41 Å². The maximum atomic E-state index is 12.6. The average Bonchev–Trinajstić information content (AvgIpc) is 2.73. The Balaban J connectivity index is 1.77. The van der Waals surface area contributed by atoms with Crippen molar-refractivity contribution in [1.29, 1.82) is 0 Å². The molecular formula is C25H28N2O3. The summed E-state index contributed by atoms with van der Waals surface area (Å²) in [4.78, 5) is 14.7. The highest BCUT2D eigenvalue weighted by Crippen LogP contribution is 2.37. The summed E-state index contributed by atoms with van der Waals surface area (Å²) >= 11 is 0. The molecule has 1 amide bonds. The molecule has 0 fully saturated rings. The molecule has 3 N–H and O–H groups in total. The van der Waals surface area contributed by atoms with Crippen LogP contribution in [0.1, 0.15) is 30.9 Å². The van der Waals surface area contributed by atoms with E-state index in [1.807, 2.05) is 67.5 Å². The molecule has 0 unspecified atom stereocenters. The Kier molecular flexibility index (Phi) is 6.31. The Morgan fingerprint density at radius 1 is 0.833 bits per heavy atom. The van der Waals surface area contributed by atoms with Crippen LogP contribution in [0.25, 0.3) is 0 Å². The summed E-state index contributed by atoms with van der Waals surface area (Å²) in [7, 11) is 3.95. The van der Waals surface area contributed by atoms with Gasteiger partial charge in [0.1, 0.15) is 11.5 Å². The number of aromatic hydroxyl groups is 2. The summed E-state index contributed by atoms with van der Waals surface area (Å²) in [6.45, 7) is 2.07. The summed E-state index contributed by atoms with van der Waals surface area (Å²) in [5.74, 6) is 0.341. The minimum Gasteiger partial charge on any atom is -0.508 e. The maximum Gasteiger partial charge on any atom is 0.224 e. The predicted molar refractivity (Wildman–Crippen MR) is 121 cm³/mol. The molecule has 0 radical (unpaired) electrons. The number of carbonyl (C=O) groups is 1. The first kappa shape index (κ1) is 21.2. The van der Waals surface area contributed by atoms with Crippen LogP contribution in [-0.4, -0.2) is 30.2 Å². The zero-order valence-electron chi connectivity index (χ0n) is 17.6. The van der Waals surface area contributed by atoms with Crippen molar-refractivity contribution in [3.63, 3.8) is 0 Å². The quantitative estimate of drug-likeness (QED) is 0.524. The van der Waals surface area contributed by atoms with Crippen molar-refractivity contribution in [1.82, 2.24) is 0 Å². The van der Waals surface area contributed by atoms with E-state index in [2.05, 4.69) is 12.2 Å². The molecule has 0 heterocycles. The first-order valence-electron chi connectivity index (χ1n) is 9.94. The van der Waals surface area contributed by atoms with Crippen molar-refractivity contribution in [3.8, 4) is 11.5 Å². The molecule has 5 nitrogen and oxygen atoms in total. The molecule has 0 aliphatic rings. The molecule has 3 rings (SSSR count). The number of phenols is 2. The van der Waals surface area contributed by atoms with E-state index in [1.54, 1.807) is 24.3 Å². The lowest BCUT2D eigenvalue weighted by Crippen LogP contribution is -2.26. The molecule has 0 saturated carbocycles. The number of phenolic OH excluding ortho intramolecular Hbond substituents is 2. The number of carbonyl (C=O) groups excluding carboxylic acids is 1. The van der Waals surface area contributed by atoms with Crippen LogP contribution in [0.4, 0.5) is 11.4 Å². The van der Waals surface area contributed by atoms with Crippen molar-refractivity contribution < 1.29 is 15.0 Å². The summed E-state index contributed by atoms with van der Waals surface area (Å²) in [6.07, 6.45) is 0.901. The molecule has 5 heteroatoms. The van der Waals surface area contributed by atoms with E-state index >= 15 is 0 Å². The number of amides is 1. The molecule has 0 bridgehead atoms. The molecule has 0 aromatic heterocycles. The molecule has 3 aromatic rings. The molecule has 0 aliphatic heterocycles. The first-order valence-corrected chi connectivity index (χ1v) is 9.94. The molecule has 156 valence electrons. The van der Waals surface area contributed by atoms with E-state index in [4.69, 9.17) is 0 Å². The molecule has 0 aliphatic carbocycles. The number of rotatable bonds is 7. The topological polar surface area (TPSA) is 72.8 Å². The molecule has 30 heavy (non-hydrogen) atoms. The zero-order valence-corrected chi connectivity index (χ0v) is 17.6. The molecule has 0 saturated heterocycles. The largest absolute Gasteiger partial charge is 0.508 e. The molecule has 3 aromatic carbocycles. The van der Waals surface area contributed by atoms with Crippen LogP contribution in [0, 0.1) is 0 Å².